The molecule has 1 heterocycles. The number of hydrogen-bond acceptors (Lipinski definition) is 9. The number of hydrogen-bond donors (Lipinski definition) is 0. The van der Waals surface area contributed by atoms with Crippen LogP contribution in [0.15, 0.2) is 0 Å². The second-order valence-corrected chi connectivity index (χ2v) is 17.2. The molecule has 0 unspecified atom stereocenters. The molecule has 0 N–H and O–H groups in total. The Hall–Kier alpha value is -1.71. The normalized spacial score (nSPS) is 13.7. The molecule has 0 spiro atoms. The van der Waals surface area contributed by atoms with Gasteiger partial charge < -0.3 is 23.7 Å². The maximum atomic E-state index is 13.4. The van der Waals surface area contributed by atoms with Gasteiger partial charge in [-0.25, -0.2) is 0 Å². The van der Waals surface area contributed by atoms with Crippen molar-refractivity contribution in [1.82, 2.24) is 4.90 Å². The fraction of sp³-hybridized carbons (Fsp3) is 0.938. The minimum absolute atomic E-state index is 0.00850. The van der Waals surface area contributed by atoms with Crippen LogP contribution in [0.4, 0.5) is 0 Å². The molecule has 336 valence electrons. The summed E-state index contributed by atoms with van der Waals surface area (Å²) in [6.45, 7) is 16.1. The molecule has 0 bridgehead atoms. The average molecular weight is 810 g/mol. The molecule has 1 saturated heterocycles. The van der Waals surface area contributed by atoms with Crippen molar-refractivity contribution in [2.24, 2.45) is 17.3 Å². The van der Waals surface area contributed by atoms with Crippen molar-refractivity contribution in [1.29, 1.82) is 0 Å². The molecular formula is C48H91NO8. The van der Waals surface area contributed by atoms with Gasteiger partial charge in [-0.2, -0.15) is 0 Å². The minimum atomic E-state index is -0.938. The van der Waals surface area contributed by atoms with Gasteiger partial charge in [0, 0.05) is 19.8 Å². The number of piperidine rings is 1. The molecule has 9 heteroatoms. The number of likely N-dealkylation sites (tertiary alicyclic amines) is 1. The van der Waals surface area contributed by atoms with Gasteiger partial charge in [0.15, 0.2) is 0 Å². The van der Waals surface area contributed by atoms with E-state index in [1.54, 1.807) is 0 Å². The van der Waals surface area contributed by atoms with Crippen LogP contribution in [-0.2, 0) is 38.1 Å². The molecule has 1 rings (SSSR count). The van der Waals surface area contributed by atoms with E-state index < -0.39 is 5.41 Å². The van der Waals surface area contributed by atoms with E-state index in [-0.39, 0.29) is 43.0 Å². The van der Waals surface area contributed by atoms with Crippen LogP contribution < -0.4 is 0 Å². The van der Waals surface area contributed by atoms with E-state index in [1.807, 2.05) is 6.92 Å². The molecule has 1 aliphatic rings. The monoisotopic (exact) mass is 810 g/mol. The van der Waals surface area contributed by atoms with Gasteiger partial charge in [0.05, 0.1) is 38.3 Å². The fourth-order valence-electron chi connectivity index (χ4n) is 7.60. The van der Waals surface area contributed by atoms with Crippen molar-refractivity contribution >= 4 is 17.9 Å². The molecule has 57 heavy (non-hydrogen) atoms. The Morgan fingerprint density at radius 1 is 0.474 bits per heavy atom. The lowest BCUT2D eigenvalue weighted by molar-refractivity contribution is -0.164. The number of unbranched alkanes of at least 4 members (excludes halogenated alkanes) is 14. The molecule has 0 aromatic rings. The molecule has 1 fully saturated rings. The number of ether oxygens (including phenoxy) is 5. The largest absolute Gasteiger partial charge is 0.465 e. The Kier molecular flexibility index (Phi) is 34.9. The number of rotatable bonds is 40. The van der Waals surface area contributed by atoms with E-state index in [0.717, 1.165) is 96.7 Å². The van der Waals surface area contributed by atoms with Crippen LogP contribution in [0.25, 0.3) is 0 Å². The standard InChI is InChI=1S/C48H91NO8/c1-6-10-14-19-29-43(30-20-15-11-7-2)45(50)55-38-27-25-36-53-41-48(5,47(52)57-40-35-49-33-23-18-24-34-49)42-54-37-26-28-39-56-46(51)44(31-21-16-12-8-3)32-22-17-13-9-4/h43-44H,6-42H2,1-5H3. The van der Waals surface area contributed by atoms with Gasteiger partial charge in [-0.15, -0.1) is 0 Å². The van der Waals surface area contributed by atoms with Crippen LogP contribution in [0.3, 0.4) is 0 Å². The molecule has 0 aromatic carbocycles. The molecule has 9 nitrogen and oxygen atoms in total. The summed E-state index contributed by atoms with van der Waals surface area (Å²) in [5, 5.41) is 0. The number of nitrogens with zero attached hydrogens (tertiary/aromatic N) is 1. The molecule has 0 saturated carbocycles. The summed E-state index contributed by atoms with van der Waals surface area (Å²) in [7, 11) is 0. The zero-order chi connectivity index (χ0) is 41.7. The predicted molar refractivity (Wildman–Crippen MR) is 233 cm³/mol. The first-order valence-electron chi connectivity index (χ1n) is 24.2. The maximum Gasteiger partial charge on any atom is 0.316 e. The van der Waals surface area contributed by atoms with Gasteiger partial charge in [-0.1, -0.05) is 137 Å². The maximum absolute atomic E-state index is 13.4. The first-order chi connectivity index (χ1) is 27.8. The summed E-state index contributed by atoms with van der Waals surface area (Å²) in [4.78, 5) is 41.7. The van der Waals surface area contributed by atoms with Crippen LogP contribution in [0.2, 0.25) is 0 Å². The summed E-state index contributed by atoms with van der Waals surface area (Å²) in [5.41, 5.74) is -0.938. The zero-order valence-corrected chi connectivity index (χ0v) is 38.0. The SMILES string of the molecule is CCCCCCC(CCCCCC)C(=O)OCCCCOCC(C)(COCCCCOC(=O)C(CCCCCC)CCCCCC)C(=O)OCCN1CCCCC1. The quantitative estimate of drug-likeness (QED) is 0.0340. The first kappa shape index (κ1) is 53.3. The fourth-order valence-corrected chi connectivity index (χ4v) is 7.60. The van der Waals surface area contributed by atoms with Gasteiger partial charge >= 0.3 is 17.9 Å². The van der Waals surface area contributed by atoms with Gasteiger partial charge in [0.1, 0.15) is 12.0 Å². The van der Waals surface area contributed by atoms with Crippen molar-refractivity contribution in [2.45, 2.75) is 208 Å². The topological polar surface area (TPSA) is 101 Å². The Bertz CT molecular complexity index is 877. The van der Waals surface area contributed by atoms with E-state index in [9.17, 15) is 14.4 Å². The lowest BCUT2D eigenvalue weighted by Gasteiger charge is -2.29. The second-order valence-electron chi connectivity index (χ2n) is 17.2. The highest BCUT2D eigenvalue weighted by molar-refractivity contribution is 5.76. The Labute approximate surface area is 351 Å². The van der Waals surface area contributed by atoms with Crippen LogP contribution in [0.5, 0.6) is 0 Å². The molecule has 0 aliphatic carbocycles. The molecule has 0 aromatic heterocycles. The Morgan fingerprint density at radius 2 is 0.860 bits per heavy atom. The van der Waals surface area contributed by atoms with Crippen LogP contribution in [0, 0.1) is 17.3 Å². The smallest absolute Gasteiger partial charge is 0.316 e. The lowest BCUT2D eigenvalue weighted by atomic mass is 9.93. The van der Waals surface area contributed by atoms with Gasteiger partial charge in [0.2, 0.25) is 0 Å². The lowest BCUT2D eigenvalue weighted by Crippen LogP contribution is -2.41. The van der Waals surface area contributed by atoms with Crippen molar-refractivity contribution < 1.29 is 38.1 Å². The number of carbonyl (C=O) groups is 3. The van der Waals surface area contributed by atoms with Crippen molar-refractivity contribution in [3.05, 3.63) is 0 Å². The van der Waals surface area contributed by atoms with Crippen LogP contribution >= 0.6 is 0 Å². The third kappa shape index (κ3) is 28.4. The molecule has 0 atom stereocenters. The average Bonchev–Trinajstić information content (AvgIpc) is 3.22. The van der Waals surface area contributed by atoms with Crippen molar-refractivity contribution in [3.8, 4) is 0 Å². The van der Waals surface area contributed by atoms with E-state index in [4.69, 9.17) is 23.7 Å². The highest BCUT2D eigenvalue weighted by atomic mass is 16.5. The highest BCUT2D eigenvalue weighted by Crippen LogP contribution is 2.23. The predicted octanol–water partition coefficient (Wildman–Crippen LogP) is 11.8. The third-order valence-electron chi connectivity index (χ3n) is 11.6. The highest BCUT2D eigenvalue weighted by Gasteiger charge is 2.36. The van der Waals surface area contributed by atoms with Gasteiger partial charge in [-0.3, -0.25) is 19.3 Å². The summed E-state index contributed by atoms with van der Waals surface area (Å²) >= 11 is 0. The number of carbonyl (C=O) groups excluding carboxylic acids is 3. The van der Waals surface area contributed by atoms with Crippen molar-refractivity contribution in [2.75, 3.05) is 65.9 Å². The summed E-state index contributed by atoms with van der Waals surface area (Å²) < 4.78 is 29.4. The third-order valence-corrected chi connectivity index (χ3v) is 11.6. The van der Waals surface area contributed by atoms with E-state index in [2.05, 4.69) is 32.6 Å². The molecule has 0 radical (unpaired) electrons. The molecule has 1 aliphatic heterocycles. The Morgan fingerprint density at radius 3 is 1.25 bits per heavy atom. The van der Waals surface area contributed by atoms with Crippen LogP contribution in [-0.4, -0.2) is 88.7 Å². The van der Waals surface area contributed by atoms with E-state index in [1.165, 1.54) is 96.3 Å². The first-order valence-corrected chi connectivity index (χ1v) is 24.2. The van der Waals surface area contributed by atoms with Gasteiger partial charge in [0.25, 0.3) is 0 Å². The van der Waals surface area contributed by atoms with Crippen LogP contribution in [0.1, 0.15) is 208 Å². The zero-order valence-electron chi connectivity index (χ0n) is 38.0. The van der Waals surface area contributed by atoms with Gasteiger partial charge in [-0.05, 0) is 84.2 Å². The number of esters is 3. The Balaban J connectivity index is 2.53. The molecular weight excluding hydrogens is 719 g/mol. The summed E-state index contributed by atoms with van der Waals surface area (Å²) in [5.74, 6) is -0.364. The summed E-state index contributed by atoms with van der Waals surface area (Å²) in [6, 6.07) is 0. The summed E-state index contributed by atoms with van der Waals surface area (Å²) in [6.07, 6.45) is 29.0. The molecule has 0 amide bonds. The van der Waals surface area contributed by atoms with E-state index in [0.29, 0.717) is 33.0 Å². The van der Waals surface area contributed by atoms with Crippen molar-refractivity contribution in [3.63, 3.8) is 0 Å². The van der Waals surface area contributed by atoms with E-state index >= 15 is 0 Å². The minimum Gasteiger partial charge on any atom is -0.465 e. The second kappa shape index (κ2) is 37.3.